The van der Waals surface area contributed by atoms with Crippen LogP contribution in [0.4, 0.5) is 0 Å². The molecule has 1 aliphatic rings. The van der Waals surface area contributed by atoms with Crippen molar-refractivity contribution in [2.45, 2.75) is 45.2 Å². The Hall–Kier alpha value is -2.40. The van der Waals surface area contributed by atoms with Crippen LogP contribution in [0, 0.1) is 6.92 Å². The van der Waals surface area contributed by atoms with Crippen molar-refractivity contribution in [2.24, 2.45) is 0 Å². The van der Waals surface area contributed by atoms with E-state index in [-0.39, 0.29) is 17.5 Å². The molecule has 0 saturated heterocycles. The first-order valence-electron chi connectivity index (χ1n) is 9.70. The Kier molecular flexibility index (Phi) is 5.36. The lowest BCUT2D eigenvalue weighted by atomic mass is 10.1. The molecule has 3 aromatic rings. The number of carbonyl (C=O) groups is 1. The van der Waals surface area contributed by atoms with E-state index in [1.807, 2.05) is 54.3 Å². The molecule has 1 amide bonds. The number of fused-ring (bicyclic) bond motifs is 1. The first kappa shape index (κ1) is 18.9. The van der Waals surface area contributed by atoms with Crippen LogP contribution < -0.4 is 5.56 Å². The van der Waals surface area contributed by atoms with Crippen LogP contribution in [0.5, 0.6) is 0 Å². The predicted molar refractivity (Wildman–Crippen MR) is 116 cm³/mol. The third-order valence-corrected chi connectivity index (χ3v) is 6.06. The van der Waals surface area contributed by atoms with E-state index in [4.69, 9.17) is 0 Å². The molecule has 0 radical (unpaired) electrons. The number of halogens is 1. The number of hydrogen-bond acceptors (Lipinski definition) is 2. The van der Waals surface area contributed by atoms with Crippen LogP contribution in [0.25, 0.3) is 10.9 Å². The van der Waals surface area contributed by atoms with Crippen LogP contribution in [0.2, 0.25) is 0 Å². The van der Waals surface area contributed by atoms with Gasteiger partial charge in [0.05, 0.1) is 6.54 Å². The van der Waals surface area contributed by atoms with Crippen molar-refractivity contribution in [1.82, 2.24) is 9.88 Å². The summed E-state index contributed by atoms with van der Waals surface area (Å²) in [6, 6.07) is 15.5. The topological polar surface area (TPSA) is 53.2 Å². The Balaban J connectivity index is 1.70. The molecule has 0 aliphatic heterocycles. The van der Waals surface area contributed by atoms with Gasteiger partial charge in [0.2, 0.25) is 0 Å². The second-order valence-corrected chi connectivity index (χ2v) is 8.51. The van der Waals surface area contributed by atoms with Gasteiger partial charge in [-0.25, -0.2) is 0 Å². The number of rotatable bonds is 4. The van der Waals surface area contributed by atoms with Crippen LogP contribution in [0.3, 0.4) is 0 Å². The summed E-state index contributed by atoms with van der Waals surface area (Å²) in [5.41, 5.74) is 3.14. The van der Waals surface area contributed by atoms with Gasteiger partial charge in [-0.05, 0) is 67.6 Å². The van der Waals surface area contributed by atoms with Gasteiger partial charge >= 0.3 is 0 Å². The van der Waals surface area contributed by atoms with Gasteiger partial charge in [0.1, 0.15) is 0 Å². The maximum atomic E-state index is 13.3. The number of nitrogens with zero attached hydrogens (tertiary/aromatic N) is 1. The maximum Gasteiger partial charge on any atom is 0.254 e. The molecule has 4 nitrogen and oxygen atoms in total. The Morgan fingerprint density at radius 1 is 1.11 bits per heavy atom. The molecule has 1 N–H and O–H groups in total. The molecule has 4 rings (SSSR count). The van der Waals surface area contributed by atoms with E-state index in [1.54, 1.807) is 0 Å². The fourth-order valence-electron chi connectivity index (χ4n) is 4.01. The molecule has 2 aromatic carbocycles. The quantitative estimate of drug-likeness (QED) is 0.609. The van der Waals surface area contributed by atoms with Crippen LogP contribution >= 0.6 is 15.9 Å². The molecule has 0 spiro atoms. The molecule has 1 fully saturated rings. The van der Waals surface area contributed by atoms with Crippen molar-refractivity contribution < 1.29 is 4.79 Å². The lowest BCUT2D eigenvalue weighted by molar-refractivity contribution is 0.0664. The third kappa shape index (κ3) is 3.90. The van der Waals surface area contributed by atoms with Gasteiger partial charge in [-0.3, -0.25) is 9.59 Å². The number of hydrogen-bond donors (Lipinski definition) is 1. The Morgan fingerprint density at radius 3 is 2.54 bits per heavy atom. The molecular formula is C23H23BrN2O2. The van der Waals surface area contributed by atoms with Gasteiger partial charge in [0.15, 0.2) is 0 Å². The minimum atomic E-state index is -0.122. The highest BCUT2D eigenvalue weighted by molar-refractivity contribution is 9.10. The summed E-state index contributed by atoms with van der Waals surface area (Å²) in [5, 5.41) is 0.997. The van der Waals surface area contributed by atoms with E-state index in [0.717, 1.165) is 46.6 Å². The van der Waals surface area contributed by atoms with Crippen LogP contribution in [0.15, 0.2) is 57.8 Å². The summed E-state index contributed by atoms with van der Waals surface area (Å²) in [4.78, 5) is 30.8. The molecule has 0 unspecified atom stereocenters. The largest absolute Gasteiger partial charge is 0.331 e. The number of aryl methyl sites for hydroxylation is 1. The zero-order valence-electron chi connectivity index (χ0n) is 15.9. The number of nitrogens with one attached hydrogen (secondary N) is 1. The Bertz CT molecular complexity index is 1070. The number of H-pyrrole nitrogens is 1. The van der Waals surface area contributed by atoms with Crippen molar-refractivity contribution >= 4 is 32.7 Å². The fourth-order valence-corrected chi connectivity index (χ4v) is 4.28. The standard InChI is InChI=1S/C23H23BrN2O2/c1-15-6-11-21-17(12-15)13-18(22(27)25-21)14-26(20-4-2-3-5-20)23(28)16-7-9-19(24)10-8-16/h6-13,20H,2-5,14H2,1H3,(H,25,27). The lowest BCUT2D eigenvalue weighted by Gasteiger charge is -2.29. The van der Waals surface area contributed by atoms with Crippen molar-refractivity contribution in [1.29, 1.82) is 0 Å². The number of carbonyl (C=O) groups excluding carboxylic acids is 1. The van der Waals surface area contributed by atoms with Gasteiger partial charge in [-0.15, -0.1) is 0 Å². The molecule has 1 heterocycles. The van der Waals surface area contributed by atoms with E-state index in [9.17, 15) is 9.59 Å². The van der Waals surface area contributed by atoms with Crippen molar-refractivity contribution in [3.05, 3.63) is 80.0 Å². The average molecular weight is 439 g/mol. The first-order chi connectivity index (χ1) is 13.5. The highest BCUT2D eigenvalue weighted by Gasteiger charge is 2.28. The summed E-state index contributed by atoms with van der Waals surface area (Å²) in [6.07, 6.45) is 4.24. The SMILES string of the molecule is Cc1ccc2[nH]c(=O)c(CN(C(=O)c3ccc(Br)cc3)C3CCCC3)cc2c1. The van der Waals surface area contributed by atoms with E-state index in [2.05, 4.69) is 27.0 Å². The average Bonchev–Trinajstić information content (AvgIpc) is 3.21. The molecule has 144 valence electrons. The Morgan fingerprint density at radius 2 is 1.82 bits per heavy atom. The molecule has 1 saturated carbocycles. The van der Waals surface area contributed by atoms with Crippen LogP contribution in [-0.2, 0) is 6.54 Å². The van der Waals surface area contributed by atoms with Crippen molar-refractivity contribution in [3.63, 3.8) is 0 Å². The summed E-state index contributed by atoms with van der Waals surface area (Å²) >= 11 is 3.42. The highest BCUT2D eigenvalue weighted by Crippen LogP contribution is 2.27. The van der Waals surface area contributed by atoms with E-state index < -0.39 is 0 Å². The second kappa shape index (κ2) is 7.92. The minimum Gasteiger partial charge on any atom is -0.331 e. The van der Waals surface area contributed by atoms with Crippen LogP contribution in [0.1, 0.15) is 47.2 Å². The summed E-state index contributed by atoms with van der Waals surface area (Å²) in [7, 11) is 0. The lowest BCUT2D eigenvalue weighted by Crippen LogP contribution is -2.39. The number of benzene rings is 2. The monoisotopic (exact) mass is 438 g/mol. The molecule has 0 bridgehead atoms. The van der Waals surface area contributed by atoms with Gasteiger partial charge in [0.25, 0.3) is 11.5 Å². The molecule has 5 heteroatoms. The van der Waals surface area contributed by atoms with Gasteiger partial charge in [-0.2, -0.15) is 0 Å². The smallest absolute Gasteiger partial charge is 0.254 e. The van der Waals surface area contributed by atoms with E-state index in [0.29, 0.717) is 17.7 Å². The van der Waals surface area contributed by atoms with Gasteiger partial charge < -0.3 is 9.88 Å². The van der Waals surface area contributed by atoms with Gasteiger partial charge in [0, 0.05) is 27.2 Å². The van der Waals surface area contributed by atoms with Crippen LogP contribution in [-0.4, -0.2) is 21.8 Å². The minimum absolute atomic E-state index is 0.0110. The fraction of sp³-hybridized carbons (Fsp3) is 0.304. The highest BCUT2D eigenvalue weighted by atomic mass is 79.9. The zero-order chi connectivity index (χ0) is 19.7. The molecule has 0 atom stereocenters. The number of pyridine rings is 1. The summed E-state index contributed by atoms with van der Waals surface area (Å²) < 4.78 is 0.942. The first-order valence-corrected chi connectivity index (χ1v) is 10.5. The van der Waals surface area contributed by atoms with E-state index >= 15 is 0 Å². The number of aromatic amines is 1. The zero-order valence-corrected chi connectivity index (χ0v) is 17.5. The molecular weight excluding hydrogens is 416 g/mol. The molecule has 28 heavy (non-hydrogen) atoms. The third-order valence-electron chi connectivity index (χ3n) is 5.53. The summed E-state index contributed by atoms with van der Waals surface area (Å²) in [6.45, 7) is 2.37. The molecule has 1 aromatic heterocycles. The normalized spacial score (nSPS) is 14.5. The number of amides is 1. The number of aromatic nitrogens is 1. The van der Waals surface area contributed by atoms with Gasteiger partial charge in [-0.1, -0.05) is 40.4 Å². The van der Waals surface area contributed by atoms with E-state index in [1.165, 1.54) is 0 Å². The maximum absolute atomic E-state index is 13.3. The van der Waals surface area contributed by atoms with Crippen molar-refractivity contribution in [2.75, 3.05) is 0 Å². The molecule has 1 aliphatic carbocycles. The second-order valence-electron chi connectivity index (χ2n) is 7.59. The summed E-state index contributed by atoms with van der Waals surface area (Å²) in [5.74, 6) is -0.0110. The predicted octanol–water partition coefficient (Wildman–Crippen LogP) is 5.18. The Labute approximate surface area is 172 Å². The van der Waals surface area contributed by atoms with Crippen molar-refractivity contribution in [3.8, 4) is 0 Å².